The van der Waals surface area contributed by atoms with Crippen molar-refractivity contribution in [3.63, 3.8) is 0 Å². The lowest BCUT2D eigenvalue weighted by atomic mass is 10.6. The highest BCUT2D eigenvalue weighted by molar-refractivity contribution is 3.93. The Morgan fingerprint density at radius 2 is 0.357 bits per heavy atom. The van der Waals surface area contributed by atoms with Crippen LogP contribution in [-0.2, 0) is 0 Å². The summed E-state index contributed by atoms with van der Waals surface area (Å²) in [6.07, 6.45) is 5.00. The Kier molecular flexibility index (Phi) is 244. The Labute approximate surface area is 95.5 Å². The summed E-state index contributed by atoms with van der Waals surface area (Å²) in [7, 11) is 0. The van der Waals surface area contributed by atoms with Crippen LogP contribution in [0.3, 0.4) is 0 Å². The van der Waals surface area contributed by atoms with Crippen molar-refractivity contribution in [2.75, 3.05) is 0 Å². The van der Waals surface area contributed by atoms with E-state index in [1.165, 1.54) is 25.7 Å². The zero-order valence-electron chi connectivity index (χ0n) is 12.8. The Hall–Kier alpha value is 0. The smallest absolute Gasteiger partial charge is 0.0590 e. The first kappa shape index (κ1) is 29.2. The van der Waals surface area contributed by atoms with Gasteiger partial charge in [0.15, 0.2) is 0 Å². The van der Waals surface area contributed by atoms with Gasteiger partial charge in [-0.2, -0.15) is 0 Å². The van der Waals surface area contributed by atoms with Crippen LogP contribution in [0.5, 0.6) is 0 Å². The monoisotopic (exact) mass is 206 g/mol. The second-order valence-electron chi connectivity index (χ2n) is 2.83. The van der Waals surface area contributed by atoms with Gasteiger partial charge in [0.05, 0.1) is 0 Å². The summed E-state index contributed by atoms with van der Waals surface area (Å²) in [5, 5.41) is 0. The molecule has 0 aliphatic heterocycles. The summed E-state index contributed by atoms with van der Waals surface area (Å²) >= 11 is 0. The van der Waals surface area contributed by atoms with E-state index >= 15 is 0 Å². The first-order valence-electron chi connectivity index (χ1n) is 6.66. The highest BCUT2D eigenvalue weighted by Crippen LogP contribution is 1.57. The lowest BCUT2D eigenvalue weighted by Gasteiger charge is -1.48. The van der Waals surface area contributed by atoms with Crippen molar-refractivity contribution >= 4 is 0 Å². The van der Waals surface area contributed by atoms with E-state index < -0.39 is 0 Å². The van der Waals surface area contributed by atoms with Crippen molar-refractivity contribution in [3.05, 3.63) is 0 Å². The average Bonchev–Trinajstić information content (AvgIpc) is 2.12. The van der Waals surface area contributed by atoms with Gasteiger partial charge in [0.2, 0.25) is 0 Å². The summed E-state index contributed by atoms with van der Waals surface area (Å²) in [6, 6.07) is 0. The van der Waals surface area contributed by atoms with E-state index in [1.54, 1.807) is 0 Å². The number of hydrogen-bond acceptors (Lipinski definition) is 0. The van der Waals surface area contributed by atoms with Crippen LogP contribution in [0.15, 0.2) is 0 Å². The van der Waals surface area contributed by atoms with Crippen LogP contribution in [0.25, 0.3) is 0 Å². The Morgan fingerprint density at radius 1 is 0.357 bits per heavy atom. The molecule has 0 aromatic heterocycles. The van der Waals surface area contributed by atoms with Crippen LogP contribution < -0.4 is 0 Å². The van der Waals surface area contributed by atoms with Crippen molar-refractivity contribution in [1.29, 1.82) is 0 Å². The molecule has 0 unspecified atom stereocenters. The van der Waals surface area contributed by atoms with Gasteiger partial charge in [-0.3, -0.25) is 0 Å². The Balaban J connectivity index is -0.0000000243. The largest absolute Gasteiger partial charge is 0.0683 e. The topological polar surface area (TPSA) is 0 Å². The molecule has 0 aromatic rings. The maximum Gasteiger partial charge on any atom is -0.0590 e. The minimum atomic E-state index is 1.25. The van der Waals surface area contributed by atoms with Crippen LogP contribution in [-0.4, -0.2) is 0 Å². The van der Waals surface area contributed by atoms with Crippen molar-refractivity contribution in [2.24, 2.45) is 0 Å². The van der Waals surface area contributed by atoms with Gasteiger partial charge in [-0.1, -0.05) is 94.9 Å². The lowest BCUT2D eigenvalue weighted by molar-refractivity contribution is 1.09. The highest BCUT2D eigenvalue weighted by atomic mass is 13.4. The fourth-order valence-corrected chi connectivity index (χ4v) is 0. The molecule has 0 heteroatoms. The fraction of sp³-hybridized carbons (Fsp3) is 1.00. The molecule has 94 valence electrons. The molecule has 0 spiro atoms. The van der Waals surface area contributed by atoms with Crippen molar-refractivity contribution < 1.29 is 0 Å². The highest BCUT2D eigenvalue weighted by Gasteiger charge is 1.36. The molecule has 0 nitrogen and oxygen atoms in total. The zero-order valence-corrected chi connectivity index (χ0v) is 12.8. The third-order valence-corrected chi connectivity index (χ3v) is 0. The predicted octanol–water partition coefficient (Wildman–Crippen LogP) is 6.69. The van der Waals surface area contributed by atoms with Gasteiger partial charge in [0, 0.05) is 0 Å². The quantitative estimate of drug-likeness (QED) is 0.414. The van der Waals surface area contributed by atoms with Crippen LogP contribution in [0.2, 0.25) is 0 Å². The van der Waals surface area contributed by atoms with Crippen molar-refractivity contribution in [3.8, 4) is 0 Å². The molecule has 0 N–H and O–H groups in total. The normalized spacial score (nSPS) is 5.57. The molecule has 0 aromatic carbocycles. The van der Waals surface area contributed by atoms with Gasteiger partial charge in [-0.15, -0.1) is 0 Å². The van der Waals surface area contributed by atoms with Crippen molar-refractivity contribution in [1.82, 2.24) is 0 Å². The standard InChI is InChI=1S/4C3H8.C2H6/c4*1-3-2;1-2/h4*3H2,1-2H3;1-2H3. The molecule has 0 aliphatic rings. The van der Waals surface area contributed by atoms with Crippen LogP contribution >= 0.6 is 0 Å². The second kappa shape index (κ2) is 117. The molecule has 14 heavy (non-hydrogen) atoms. The summed E-state index contributed by atoms with van der Waals surface area (Å²) in [6.45, 7) is 21.0. The van der Waals surface area contributed by atoms with Gasteiger partial charge in [-0.25, -0.2) is 0 Å². The summed E-state index contributed by atoms with van der Waals surface area (Å²) in [5.74, 6) is 0. The molecular formula is C14H38. The summed E-state index contributed by atoms with van der Waals surface area (Å²) < 4.78 is 0. The Morgan fingerprint density at radius 3 is 0.357 bits per heavy atom. The molecule has 0 rings (SSSR count). The second-order valence-corrected chi connectivity index (χ2v) is 2.83. The van der Waals surface area contributed by atoms with E-state index in [9.17, 15) is 0 Å². The predicted molar refractivity (Wildman–Crippen MR) is 75.2 cm³/mol. The van der Waals surface area contributed by atoms with Crippen LogP contribution in [0.4, 0.5) is 0 Å². The van der Waals surface area contributed by atoms with Crippen LogP contribution in [0, 0.1) is 0 Å². The molecule has 0 fully saturated rings. The fourth-order valence-electron chi connectivity index (χ4n) is 0. The average molecular weight is 206 g/mol. The van der Waals surface area contributed by atoms with Gasteiger partial charge < -0.3 is 0 Å². The van der Waals surface area contributed by atoms with E-state index in [0.29, 0.717) is 0 Å². The lowest BCUT2D eigenvalue weighted by Crippen LogP contribution is -1.27. The van der Waals surface area contributed by atoms with Gasteiger partial charge in [-0.05, 0) is 0 Å². The van der Waals surface area contributed by atoms with Crippen molar-refractivity contribution in [2.45, 2.75) is 94.9 Å². The van der Waals surface area contributed by atoms with E-state index in [0.717, 1.165) is 0 Å². The molecule has 0 heterocycles. The molecule has 0 saturated heterocycles. The first-order valence-corrected chi connectivity index (χ1v) is 6.66. The minimum absolute atomic E-state index is 1.25. The molecule has 0 aliphatic carbocycles. The van der Waals surface area contributed by atoms with Gasteiger partial charge >= 0.3 is 0 Å². The minimum Gasteiger partial charge on any atom is -0.0683 e. The number of hydrogen-bond donors (Lipinski definition) is 0. The molecule has 0 radical (unpaired) electrons. The van der Waals surface area contributed by atoms with Crippen LogP contribution in [0.1, 0.15) is 94.9 Å². The molecule has 0 saturated carbocycles. The third kappa shape index (κ3) is 0. The Bertz CT molecular complexity index is 8.00. The molecular weight excluding hydrogens is 168 g/mol. The molecule has 0 amide bonds. The van der Waals surface area contributed by atoms with E-state index in [2.05, 4.69) is 55.4 Å². The van der Waals surface area contributed by atoms with Gasteiger partial charge in [0.25, 0.3) is 0 Å². The summed E-state index contributed by atoms with van der Waals surface area (Å²) in [4.78, 5) is 0. The van der Waals surface area contributed by atoms with E-state index in [4.69, 9.17) is 0 Å². The maximum absolute atomic E-state index is 2.12. The van der Waals surface area contributed by atoms with E-state index in [1.807, 2.05) is 13.8 Å². The summed E-state index contributed by atoms with van der Waals surface area (Å²) in [5.41, 5.74) is 0. The first-order chi connectivity index (χ1) is 6.66. The molecule has 0 atom stereocenters. The SMILES string of the molecule is CC.CCC.CCC.CCC.CCC. The third-order valence-electron chi connectivity index (χ3n) is 0. The molecule has 0 bridgehead atoms. The zero-order chi connectivity index (χ0) is 12.8. The van der Waals surface area contributed by atoms with E-state index in [-0.39, 0.29) is 0 Å². The van der Waals surface area contributed by atoms with Gasteiger partial charge in [0.1, 0.15) is 0 Å². The maximum atomic E-state index is 2.12. The number of rotatable bonds is 0.